The second-order valence-electron chi connectivity index (χ2n) is 4.59. The fourth-order valence-corrected chi connectivity index (χ4v) is 2.33. The van der Waals surface area contributed by atoms with Gasteiger partial charge < -0.3 is 19.3 Å². The lowest BCUT2D eigenvalue weighted by Gasteiger charge is -2.32. The summed E-state index contributed by atoms with van der Waals surface area (Å²) in [7, 11) is 0. The van der Waals surface area contributed by atoms with Crippen molar-refractivity contribution in [2.45, 2.75) is 12.6 Å². The molecule has 1 saturated heterocycles. The molecule has 0 amide bonds. The van der Waals surface area contributed by atoms with Crippen LogP contribution in [-0.4, -0.2) is 48.6 Å². The molecule has 1 unspecified atom stereocenters. The molecule has 1 atom stereocenters. The number of carboxylic acids is 1. The van der Waals surface area contributed by atoms with E-state index >= 15 is 0 Å². The standard InChI is InChI=1S/C13H15NO5/c15-13(16)10-7-17-4-3-14(10)6-9-1-2-11-12(5-9)19-8-18-11/h1-2,5,10H,3-4,6-8H2,(H,15,16). The van der Waals surface area contributed by atoms with Crippen molar-refractivity contribution in [3.63, 3.8) is 0 Å². The number of morpholine rings is 1. The third kappa shape index (κ3) is 2.50. The van der Waals surface area contributed by atoms with Gasteiger partial charge in [0, 0.05) is 13.1 Å². The molecule has 2 aliphatic heterocycles. The van der Waals surface area contributed by atoms with Crippen LogP contribution in [0.25, 0.3) is 0 Å². The van der Waals surface area contributed by atoms with Crippen LogP contribution in [0.3, 0.4) is 0 Å². The fourth-order valence-electron chi connectivity index (χ4n) is 2.33. The summed E-state index contributed by atoms with van der Waals surface area (Å²) >= 11 is 0. The molecule has 2 heterocycles. The lowest BCUT2D eigenvalue weighted by Crippen LogP contribution is -2.49. The van der Waals surface area contributed by atoms with E-state index in [1.165, 1.54) is 0 Å². The molecule has 0 saturated carbocycles. The molecular formula is C13H15NO5. The van der Waals surface area contributed by atoms with Gasteiger partial charge in [-0.1, -0.05) is 6.07 Å². The van der Waals surface area contributed by atoms with E-state index < -0.39 is 12.0 Å². The Bertz CT molecular complexity index is 490. The van der Waals surface area contributed by atoms with Gasteiger partial charge in [-0.15, -0.1) is 0 Å². The van der Waals surface area contributed by atoms with Gasteiger partial charge in [0.15, 0.2) is 11.5 Å². The zero-order valence-corrected chi connectivity index (χ0v) is 10.4. The summed E-state index contributed by atoms with van der Waals surface area (Å²) in [5, 5.41) is 9.18. The summed E-state index contributed by atoms with van der Waals surface area (Å²) in [4.78, 5) is 13.1. The highest BCUT2D eigenvalue weighted by molar-refractivity contribution is 5.73. The number of nitrogens with zero attached hydrogens (tertiary/aromatic N) is 1. The highest BCUT2D eigenvalue weighted by atomic mass is 16.7. The van der Waals surface area contributed by atoms with Crippen LogP contribution in [0.2, 0.25) is 0 Å². The number of aliphatic carboxylic acids is 1. The Morgan fingerprint density at radius 1 is 1.37 bits per heavy atom. The number of ether oxygens (including phenoxy) is 3. The maximum absolute atomic E-state index is 11.2. The van der Waals surface area contributed by atoms with Crippen LogP contribution < -0.4 is 9.47 Å². The Hall–Kier alpha value is -1.79. The Morgan fingerprint density at radius 3 is 3.05 bits per heavy atom. The van der Waals surface area contributed by atoms with E-state index in [0.717, 1.165) is 17.1 Å². The number of rotatable bonds is 3. The Balaban J connectivity index is 1.74. The quantitative estimate of drug-likeness (QED) is 0.867. The van der Waals surface area contributed by atoms with Crippen molar-refractivity contribution in [1.29, 1.82) is 0 Å². The predicted molar refractivity (Wildman–Crippen MR) is 65.2 cm³/mol. The number of fused-ring (bicyclic) bond motifs is 1. The normalized spacial score (nSPS) is 22.4. The molecule has 1 fully saturated rings. The molecule has 0 spiro atoms. The molecular weight excluding hydrogens is 250 g/mol. The molecule has 1 N–H and O–H groups in total. The minimum absolute atomic E-state index is 0.236. The maximum Gasteiger partial charge on any atom is 0.323 e. The molecule has 0 bridgehead atoms. The van der Waals surface area contributed by atoms with Crippen molar-refractivity contribution in [2.24, 2.45) is 0 Å². The second kappa shape index (κ2) is 5.07. The predicted octanol–water partition coefficient (Wildman–Crippen LogP) is 0.701. The molecule has 0 radical (unpaired) electrons. The third-order valence-electron chi connectivity index (χ3n) is 3.35. The third-order valence-corrected chi connectivity index (χ3v) is 3.35. The summed E-state index contributed by atoms with van der Waals surface area (Å²) in [6.07, 6.45) is 0. The number of hydrogen-bond donors (Lipinski definition) is 1. The van der Waals surface area contributed by atoms with Gasteiger partial charge >= 0.3 is 5.97 Å². The number of hydrogen-bond acceptors (Lipinski definition) is 5. The first kappa shape index (κ1) is 12.3. The van der Waals surface area contributed by atoms with Crippen LogP contribution in [0.4, 0.5) is 0 Å². The average molecular weight is 265 g/mol. The molecule has 2 aliphatic rings. The van der Waals surface area contributed by atoms with Crippen molar-refractivity contribution < 1.29 is 24.1 Å². The van der Waals surface area contributed by atoms with Crippen LogP contribution in [-0.2, 0) is 16.1 Å². The fraction of sp³-hybridized carbons (Fsp3) is 0.462. The molecule has 1 aromatic rings. The Morgan fingerprint density at radius 2 is 2.21 bits per heavy atom. The number of benzene rings is 1. The van der Waals surface area contributed by atoms with Crippen molar-refractivity contribution in [2.75, 3.05) is 26.6 Å². The lowest BCUT2D eigenvalue weighted by atomic mass is 10.1. The molecule has 0 aliphatic carbocycles. The monoisotopic (exact) mass is 265 g/mol. The molecule has 6 heteroatoms. The van der Waals surface area contributed by atoms with E-state index in [4.69, 9.17) is 14.2 Å². The van der Waals surface area contributed by atoms with E-state index in [0.29, 0.717) is 19.7 Å². The van der Waals surface area contributed by atoms with Crippen LogP contribution in [0.15, 0.2) is 18.2 Å². The van der Waals surface area contributed by atoms with Crippen molar-refractivity contribution >= 4 is 5.97 Å². The zero-order valence-electron chi connectivity index (χ0n) is 10.4. The van der Waals surface area contributed by atoms with Gasteiger partial charge in [-0.3, -0.25) is 9.69 Å². The van der Waals surface area contributed by atoms with Gasteiger partial charge in [0.1, 0.15) is 6.04 Å². The topological polar surface area (TPSA) is 68.2 Å². The van der Waals surface area contributed by atoms with Crippen molar-refractivity contribution in [3.8, 4) is 11.5 Å². The first-order valence-electron chi connectivity index (χ1n) is 6.17. The van der Waals surface area contributed by atoms with Crippen LogP contribution >= 0.6 is 0 Å². The first-order valence-corrected chi connectivity index (χ1v) is 6.17. The molecule has 19 heavy (non-hydrogen) atoms. The van der Waals surface area contributed by atoms with Gasteiger partial charge in [-0.2, -0.15) is 0 Å². The summed E-state index contributed by atoms with van der Waals surface area (Å²) in [5.74, 6) is 0.610. The summed E-state index contributed by atoms with van der Waals surface area (Å²) < 4.78 is 15.8. The Kier molecular flexibility index (Phi) is 3.27. The lowest BCUT2D eigenvalue weighted by molar-refractivity contribution is -0.150. The SMILES string of the molecule is O=C(O)C1COCCN1Cc1ccc2c(c1)OCO2. The van der Waals surface area contributed by atoms with Gasteiger partial charge in [-0.25, -0.2) is 0 Å². The molecule has 0 aromatic heterocycles. The van der Waals surface area contributed by atoms with Gasteiger partial charge in [0.05, 0.1) is 13.2 Å². The molecule has 1 aromatic carbocycles. The highest BCUT2D eigenvalue weighted by Gasteiger charge is 2.29. The number of carboxylic acid groups (broad SMARTS) is 1. The molecule has 102 valence electrons. The summed E-state index contributed by atoms with van der Waals surface area (Å²) in [6, 6.07) is 5.10. The Labute approximate surface area is 110 Å². The smallest absolute Gasteiger partial charge is 0.323 e. The first-order chi connectivity index (χ1) is 9.24. The van der Waals surface area contributed by atoms with Gasteiger partial charge in [0.25, 0.3) is 0 Å². The van der Waals surface area contributed by atoms with E-state index in [-0.39, 0.29) is 13.4 Å². The van der Waals surface area contributed by atoms with E-state index in [1.807, 2.05) is 23.1 Å². The van der Waals surface area contributed by atoms with Crippen LogP contribution in [0.5, 0.6) is 11.5 Å². The minimum Gasteiger partial charge on any atom is -0.480 e. The average Bonchev–Trinajstić information content (AvgIpc) is 2.86. The van der Waals surface area contributed by atoms with E-state index in [9.17, 15) is 9.90 Å². The van der Waals surface area contributed by atoms with Gasteiger partial charge in [0.2, 0.25) is 6.79 Å². The van der Waals surface area contributed by atoms with Crippen molar-refractivity contribution in [3.05, 3.63) is 23.8 Å². The highest BCUT2D eigenvalue weighted by Crippen LogP contribution is 2.33. The molecule has 6 nitrogen and oxygen atoms in total. The zero-order chi connectivity index (χ0) is 13.2. The second-order valence-corrected chi connectivity index (χ2v) is 4.59. The van der Waals surface area contributed by atoms with Crippen molar-refractivity contribution in [1.82, 2.24) is 4.90 Å². The minimum atomic E-state index is -0.847. The summed E-state index contributed by atoms with van der Waals surface area (Å²) in [6.45, 7) is 2.23. The van der Waals surface area contributed by atoms with Gasteiger partial charge in [-0.05, 0) is 17.7 Å². The maximum atomic E-state index is 11.2. The van der Waals surface area contributed by atoms with E-state index in [2.05, 4.69) is 0 Å². The van der Waals surface area contributed by atoms with Crippen LogP contribution in [0, 0.1) is 0 Å². The van der Waals surface area contributed by atoms with E-state index in [1.54, 1.807) is 0 Å². The van der Waals surface area contributed by atoms with Crippen LogP contribution in [0.1, 0.15) is 5.56 Å². The largest absolute Gasteiger partial charge is 0.480 e. The number of carbonyl (C=O) groups is 1. The molecule has 3 rings (SSSR count). The summed E-state index contributed by atoms with van der Waals surface area (Å²) in [5.41, 5.74) is 1.01.